The first-order valence-electron chi connectivity index (χ1n) is 15.4. The third-order valence-electron chi connectivity index (χ3n) is 7.39. The lowest BCUT2D eigenvalue weighted by atomic mass is 9.83. The van der Waals surface area contributed by atoms with Crippen LogP contribution in [0.2, 0.25) is 0 Å². The predicted molar refractivity (Wildman–Crippen MR) is 175 cm³/mol. The summed E-state index contributed by atoms with van der Waals surface area (Å²) in [7, 11) is 3.18. The van der Waals surface area contributed by atoms with Crippen molar-refractivity contribution >= 4 is 17.8 Å². The number of methoxy groups -OCH3 is 2. The van der Waals surface area contributed by atoms with Crippen molar-refractivity contribution in [3.63, 3.8) is 0 Å². The van der Waals surface area contributed by atoms with E-state index < -0.39 is 23.2 Å². The lowest BCUT2D eigenvalue weighted by Gasteiger charge is -2.31. The van der Waals surface area contributed by atoms with Gasteiger partial charge in [0.2, 0.25) is 5.90 Å². The van der Waals surface area contributed by atoms with Gasteiger partial charge < -0.3 is 34.1 Å². The summed E-state index contributed by atoms with van der Waals surface area (Å²) in [4.78, 5) is 32.3. The standard InChI is InChI=1S/C36H44N2O8/c1-35(2,3)46-31(40)17-19-36(34(41)37-20-18-25-9-6-11-29(23-25)42-4)32(27-10-7-12-30(24-27)43-5)45-33(38-36)26-13-15-28(16-14-26)44-22-8-21-39/h6-7,9-16,23-24,32,39H,8,17-22H2,1-5H3,(H,37,41)/t32-,36-/m1/s1. The highest BCUT2D eigenvalue weighted by Crippen LogP contribution is 2.44. The number of carbonyl (C=O) groups excluding carboxylic acids is 2. The molecule has 46 heavy (non-hydrogen) atoms. The molecule has 0 aliphatic carbocycles. The summed E-state index contributed by atoms with van der Waals surface area (Å²) in [6, 6.07) is 22.2. The van der Waals surface area contributed by atoms with E-state index in [4.69, 9.17) is 33.8 Å². The number of hydrogen-bond donors (Lipinski definition) is 2. The lowest BCUT2D eigenvalue weighted by Crippen LogP contribution is -2.49. The number of nitrogens with zero attached hydrogens (tertiary/aromatic N) is 1. The molecule has 0 fully saturated rings. The van der Waals surface area contributed by atoms with Crippen molar-refractivity contribution in [3.05, 3.63) is 89.5 Å². The van der Waals surface area contributed by atoms with Crippen molar-refractivity contribution in [1.82, 2.24) is 5.32 Å². The Balaban J connectivity index is 1.69. The zero-order valence-electron chi connectivity index (χ0n) is 27.2. The monoisotopic (exact) mass is 632 g/mol. The zero-order valence-corrected chi connectivity index (χ0v) is 27.2. The number of nitrogens with one attached hydrogen (secondary N) is 1. The Kier molecular flexibility index (Phi) is 11.7. The molecule has 0 radical (unpaired) electrons. The maximum Gasteiger partial charge on any atom is 0.306 e. The number of aliphatic imine (C=N–C) groups is 1. The first-order chi connectivity index (χ1) is 22.1. The van der Waals surface area contributed by atoms with Crippen molar-refractivity contribution in [1.29, 1.82) is 0 Å². The molecule has 1 aliphatic rings. The van der Waals surface area contributed by atoms with Crippen molar-refractivity contribution in [2.75, 3.05) is 34.0 Å². The average Bonchev–Trinajstić information content (AvgIpc) is 3.44. The first-order valence-corrected chi connectivity index (χ1v) is 15.4. The molecule has 10 nitrogen and oxygen atoms in total. The molecule has 1 aliphatic heterocycles. The van der Waals surface area contributed by atoms with Crippen LogP contribution in [0.4, 0.5) is 0 Å². The van der Waals surface area contributed by atoms with Gasteiger partial charge in [0.05, 0.1) is 20.8 Å². The number of aliphatic hydroxyl groups excluding tert-OH is 1. The normalized spacial score (nSPS) is 17.4. The highest BCUT2D eigenvalue weighted by atomic mass is 16.6. The second-order valence-corrected chi connectivity index (χ2v) is 12.0. The number of benzene rings is 3. The molecule has 0 unspecified atom stereocenters. The van der Waals surface area contributed by atoms with Crippen LogP contribution in [0.1, 0.15) is 62.8 Å². The van der Waals surface area contributed by atoms with E-state index in [0.29, 0.717) is 48.6 Å². The lowest BCUT2D eigenvalue weighted by molar-refractivity contribution is -0.155. The Morgan fingerprint density at radius 1 is 0.957 bits per heavy atom. The van der Waals surface area contributed by atoms with Crippen LogP contribution in [-0.4, -0.2) is 68.0 Å². The van der Waals surface area contributed by atoms with Gasteiger partial charge in [0.1, 0.15) is 22.8 Å². The van der Waals surface area contributed by atoms with E-state index in [2.05, 4.69) is 5.32 Å². The van der Waals surface area contributed by atoms with Gasteiger partial charge in [-0.2, -0.15) is 0 Å². The Hall–Kier alpha value is -4.57. The largest absolute Gasteiger partial charge is 0.497 e. The third-order valence-corrected chi connectivity index (χ3v) is 7.39. The smallest absolute Gasteiger partial charge is 0.306 e. The molecule has 1 amide bonds. The fourth-order valence-corrected chi connectivity index (χ4v) is 5.16. The molecule has 3 aromatic carbocycles. The van der Waals surface area contributed by atoms with E-state index in [0.717, 1.165) is 11.3 Å². The van der Waals surface area contributed by atoms with Crippen LogP contribution in [0.3, 0.4) is 0 Å². The van der Waals surface area contributed by atoms with E-state index in [1.54, 1.807) is 59.3 Å². The molecule has 0 saturated heterocycles. The number of carbonyl (C=O) groups is 2. The summed E-state index contributed by atoms with van der Waals surface area (Å²) in [6.07, 6.45) is 0.202. The molecule has 4 rings (SSSR count). The molecule has 1 heterocycles. The Bertz CT molecular complexity index is 1500. The number of amides is 1. The Morgan fingerprint density at radius 3 is 2.33 bits per heavy atom. The van der Waals surface area contributed by atoms with E-state index >= 15 is 0 Å². The summed E-state index contributed by atoms with van der Waals surface area (Å²) >= 11 is 0. The van der Waals surface area contributed by atoms with Crippen molar-refractivity contribution in [2.45, 2.75) is 63.7 Å². The summed E-state index contributed by atoms with van der Waals surface area (Å²) in [5.41, 5.74) is 0.139. The van der Waals surface area contributed by atoms with Crippen molar-refractivity contribution in [2.24, 2.45) is 4.99 Å². The van der Waals surface area contributed by atoms with Crippen LogP contribution in [0.15, 0.2) is 77.8 Å². The van der Waals surface area contributed by atoms with Crippen molar-refractivity contribution in [3.8, 4) is 17.2 Å². The van der Waals surface area contributed by atoms with E-state index in [1.165, 1.54) is 0 Å². The average molecular weight is 633 g/mol. The summed E-state index contributed by atoms with van der Waals surface area (Å²) in [5.74, 6) is 1.42. The minimum absolute atomic E-state index is 0.0423. The van der Waals surface area contributed by atoms with Gasteiger partial charge in [-0.05, 0) is 93.3 Å². The molecular formula is C36H44N2O8. The minimum atomic E-state index is -1.50. The zero-order chi connectivity index (χ0) is 33.2. The van der Waals surface area contributed by atoms with Crippen molar-refractivity contribution < 1.29 is 38.4 Å². The Labute approximate surface area is 270 Å². The quantitative estimate of drug-likeness (QED) is 0.173. The molecule has 3 aromatic rings. The van der Waals surface area contributed by atoms with Gasteiger partial charge in [-0.3, -0.25) is 9.59 Å². The Morgan fingerprint density at radius 2 is 1.65 bits per heavy atom. The van der Waals surface area contributed by atoms with Gasteiger partial charge >= 0.3 is 5.97 Å². The van der Waals surface area contributed by atoms with Crippen LogP contribution in [0.5, 0.6) is 17.2 Å². The van der Waals surface area contributed by atoms with E-state index in [1.807, 2.05) is 48.5 Å². The third kappa shape index (κ3) is 9.00. The molecular weight excluding hydrogens is 588 g/mol. The highest BCUT2D eigenvalue weighted by molar-refractivity contribution is 6.01. The molecule has 10 heteroatoms. The molecule has 0 saturated carbocycles. The number of esters is 1. The topological polar surface area (TPSA) is 125 Å². The molecule has 0 spiro atoms. The number of rotatable bonds is 15. The van der Waals surface area contributed by atoms with E-state index in [-0.39, 0.29) is 31.3 Å². The van der Waals surface area contributed by atoms with Gasteiger partial charge in [-0.15, -0.1) is 0 Å². The fraction of sp³-hybridized carbons (Fsp3) is 0.417. The molecule has 0 bridgehead atoms. The number of hydrogen-bond acceptors (Lipinski definition) is 9. The van der Waals surface area contributed by atoms with Crippen LogP contribution in [-0.2, 0) is 25.5 Å². The number of ether oxygens (including phenoxy) is 5. The minimum Gasteiger partial charge on any atom is -0.497 e. The van der Waals surface area contributed by atoms with Crippen LogP contribution in [0.25, 0.3) is 0 Å². The molecule has 2 atom stereocenters. The summed E-state index contributed by atoms with van der Waals surface area (Å²) in [6.45, 7) is 6.16. The van der Waals surface area contributed by atoms with Gasteiger partial charge in [-0.1, -0.05) is 24.3 Å². The highest BCUT2D eigenvalue weighted by Gasteiger charge is 2.53. The van der Waals surface area contributed by atoms with Crippen LogP contribution < -0.4 is 19.5 Å². The maximum atomic E-state index is 14.3. The van der Waals surface area contributed by atoms with E-state index in [9.17, 15) is 9.59 Å². The fourth-order valence-electron chi connectivity index (χ4n) is 5.16. The number of aliphatic hydroxyl groups is 1. The van der Waals surface area contributed by atoms with Gasteiger partial charge in [0.25, 0.3) is 5.91 Å². The maximum absolute atomic E-state index is 14.3. The second kappa shape index (κ2) is 15.6. The SMILES string of the molecule is COc1cccc(CCNC(=O)[C@]2(CCC(=O)OC(C)(C)C)N=C(c3ccc(OCCCO)cc3)O[C@@H]2c2cccc(OC)c2)c1. The van der Waals surface area contributed by atoms with Crippen LogP contribution in [0, 0.1) is 0 Å². The van der Waals surface area contributed by atoms with Gasteiger partial charge in [-0.25, -0.2) is 4.99 Å². The molecule has 2 N–H and O–H groups in total. The first kappa shape index (κ1) is 34.3. The predicted octanol–water partition coefficient (Wildman–Crippen LogP) is 5.20. The van der Waals surface area contributed by atoms with Gasteiger partial charge in [0.15, 0.2) is 11.6 Å². The summed E-state index contributed by atoms with van der Waals surface area (Å²) in [5, 5.41) is 12.1. The molecule has 0 aromatic heterocycles. The summed E-state index contributed by atoms with van der Waals surface area (Å²) < 4.78 is 28.6. The van der Waals surface area contributed by atoms with Crippen LogP contribution >= 0.6 is 0 Å². The molecule has 246 valence electrons. The van der Waals surface area contributed by atoms with Gasteiger partial charge in [0, 0.05) is 31.6 Å². The second-order valence-electron chi connectivity index (χ2n) is 12.0.